The number of carbonyl (C=O) groups excluding carboxylic acids is 1. The molecular weight excluding hydrogens is 272 g/mol. The van der Waals surface area contributed by atoms with Crippen LogP contribution >= 0.6 is 11.3 Å². The number of nitrogens with zero attached hydrogens (tertiary/aromatic N) is 1. The van der Waals surface area contributed by atoms with E-state index in [-0.39, 0.29) is 5.91 Å². The van der Waals surface area contributed by atoms with Crippen molar-refractivity contribution in [3.05, 3.63) is 45.9 Å². The van der Waals surface area contributed by atoms with Crippen molar-refractivity contribution in [2.45, 2.75) is 32.4 Å². The second-order valence-electron chi connectivity index (χ2n) is 4.98. The van der Waals surface area contributed by atoms with Crippen LogP contribution in [0.1, 0.15) is 33.9 Å². The summed E-state index contributed by atoms with van der Waals surface area (Å²) in [6, 6.07) is 8.24. The van der Waals surface area contributed by atoms with Crippen molar-refractivity contribution in [3.8, 4) is 5.75 Å². The standard InChI is InChI=1S/C15H16N2O2S/c1-10-3-2-4-12(7-10)19-8-14-17-13(9-20-14)15(18)16-11-5-6-11/h2-4,7,9,11H,5-6,8H2,1H3,(H,16,18). The number of thiazole rings is 1. The summed E-state index contributed by atoms with van der Waals surface area (Å²) in [5.41, 5.74) is 1.65. The van der Waals surface area contributed by atoms with E-state index in [9.17, 15) is 4.79 Å². The van der Waals surface area contributed by atoms with Crippen LogP contribution in [0, 0.1) is 6.92 Å². The molecule has 0 bridgehead atoms. The van der Waals surface area contributed by atoms with Crippen LogP contribution in [0.3, 0.4) is 0 Å². The van der Waals surface area contributed by atoms with Crippen LogP contribution in [-0.4, -0.2) is 16.9 Å². The summed E-state index contributed by atoms with van der Waals surface area (Å²) in [6.07, 6.45) is 2.17. The molecule has 0 unspecified atom stereocenters. The van der Waals surface area contributed by atoms with E-state index in [0.717, 1.165) is 29.2 Å². The third-order valence-electron chi connectivity index (χ3n) is 3.05. The minimum Gasteiger partial charge on any atom is -0.486 e. The molecular formula is C15H16N2O2S. The first-order valence-corrected chi connectivity index (χ1v) is 7.53. The van der Waals surface area contributed by atoms with Crippen molar-refractivity contribution >= 4 is 17.2 Å². The van der Waals surface area contributed by atoms with E-state index in [1.807, 2.05) is 31.2 Å². The molecule has 1 aromatic carbocycles. The molecule has 0 atom stereocenters. The Labute approximate surface area is 121 Å². The monoisotopic (exact) mass is 288 g/mol. The van der Waals surface area contributed by atoms with Crippen molar-refractivity contribution in [3.63, 3.8) is 0 Å². The summed E-state index contributed by atoms with van der Waals surface area (Å²) >= 11 is 1.45. The lowest BCUT2D eigenvalue weighted by Crippen LogP contribution is -2.25. The SMILES string of the molecule is Cc1cccc(OCc2nc(C(=O)NC3CC3)cs2)c1. The van der Waals surface area contributed by atoms with Gasteiger partial charge in [-0.05, 0) is 37.5 Å². The molecule has 1 saturated carbocycles. The third kappa shape index (κ3) is 3.36. The maximum absolute atomic E-state index is 11.8. The molecule has 3 rings (SSSR count). The van der Waals surface area contributed by atoms with Gasteiger partial charge in [-0.1, -0.05) is 12.1 Å². The number of ether oxygens (including phenoxy) is 1. The zero-order valence-corrected chi connectivity index (χ0v) is 12.1. The van der Waals surface area contributed by atoms with Crippen molar-refractivity contribution in [1.29, 1.82) is 0 Å². The Morgan fingerprint density at radius 2 is 2.35 bits per heavy atom. The molecule has 1 aromatic heterocycles. The van der Waals surface area contributed by atoms with E-state index in [0.29, 0.717) is 18.3 Å². The Hall–Kier alpha value is -1.88. The first-order chi connectivity index (χ1) is 9.70. The summed E-state index contributed by atoms with van der Waals surface area (Å²) in [5.74, 6) is 0.745. The summed E-state index contributed by atoms with van der Waals surface area (Å²) in [5, 5.41) is 5.53. The maximum atomic E-state index is 11.8. The number of nitrogens with one attached hydrogen (secondary N) is 1. The first kappa shape index (κ1) is 13.1. The maximum Gasteiger partial charge on any atom is 0.270 e. The molecule has 4 nitrogen and oxygen atoms in total. The Morgan fingerprint density at radius 1 is 1.50 bits per heavy atom. The van der Waals surface area contributed by atoms with Gasteiger partial charge < -0.3 is 10.1 Å². The van der Waals surface area contributed by atoms with E-state index in [2.05, 4.69) is 10.3 Å². The van der Waals surface area contributed by atoms with Gasteiger partial charge in [-0.25, -0.2) is 4.98 Å². The number of benzene rings is 1. The summed E-state index contributed by atoms with van der Waals surface area (Å²) in [7, 11) is 0. The Morgan fingerprint density at radius 3 is 3.10 bits per heavy atom. The molecule has 0 saturated heterocycles. The van der Waals surface area contributed by atoms with Gasteiger partial charge in [0.15, 0.2) is 0 Å². The van der Waals surface area contributed by atoms with E-state index >= 15 is 0 Å². The predicted octanol–water partition coefficient (Wildman–Crippen LogP) is 2.92. The largest absolute Gasteiger partial charge is 0.486 e. The van der Waals surface area contributed by atoms with Gasteiger partial charge in [0.2, 0.25) is 0 Å². The molecule has 5 heteroatoms. The highest BCUT2D eigenvalue weighted by atomic mass is 32.1. The molecule has 0 radical (unpaired) electrons. The number of rotatable bonds is 5. The molecule has 2 aromatic rings. The lowest BCUT2D eigenvalue weighted by atomic mass is 10.2. The minimum absolute atomic E-state index is 0.0782. The topological polar surface area (TPSA) is 51.2 Å². The van der Waals surface area contributed by atoms with Crippen molar-refractivity contribution in [2.24, 2.45) is 0 Å². The highest BCUT2D eigenvalue weighted by Gasteiger charge is 2.24. The number of aromatic nitrogens is 1. The summed E-state index contributed by atoms with van der Waals surface area (Å²) in [6.45, 7) is 2.42. The van der Waals surface area contributed by atoms with Crippen molar-refractivity contribution in [2.75, 3.05) is 0 Å². The molecule has 1 aliphatic rings. The average Bonchev–Trinajstić information content (AvgIpc) is 3.11. The van der Waals surface area contributed by atoms with Crippen LogP contribution in [0.15, 0.2) is 29.6 Å². The Bertz CT molecular complexity index is 620. The van der Waals surface area contributed by atoms with Crippen LogP contribution in [0.5, 0.6) is 5.75 Å². The van der Waals surface area contributed by atoms with Crippen molar-refractivity contribution in [1.82, 2.24) is 10.3 Å². The molecule has 104 valence electrons. The van der Waals surface area contributed by atoms with Crippen LogP contribution < -0.4 is 10.1 Å². The molecule has 0 spiro atoms. The Balaban J connectivity index is 1.58. The predicted molar refractivity (Wildman–Crippen MR) is 78.1 cm³/mol. The fourth-order valence-corrected chi connectivity index (χ4v) is 2.50. The van der Waals surface area contributed by atoms with Gasteiger partial charge in [-0.2, -0.15) is 0 Å². The quantitative estimate of drug-likeness (QED) is 0.920. The van der Waals surface area contributed by atoms with Gasteiger partial charge in [0.1, 0.15) is 23.1 Å². The van der Waals surface area contributed by atoms with Crippen LogP contribution in [0.25, 0.3) is 0 Å². The number of amides is 1. The summed E-state index contributed by atoms with van der Waals surface area (Å²) in [4.78, 5) is 16.1. The number of hydrogen-bond acceptors (Lipinski definition) is 4. The van der Waals surface area contributed by atoms with E-state index in [1.54, 1.807) is 5.38 Å². The van der Waals surface area contributed by atoms with Crippen LogP contribution in [0.4, 0.5) is 0 Å². The fourth-order valence-electron chi connectivity index (χ4n) is 1.82. The molecule has 1 fully saturated rings. The third-order valence-corrected chi connectivity index (χ3v) is 3.87. The van der Waals surface area contributed by atoms with Gasteiger partial charge in [-0.15, -0.1) is 11.3 Å². The second kappa shape index (κ2) is 5.63. The molecule has 1 aliphatic carbocycles. The smallest absolute Gasteiger partial charge is 0.270 e. The fraction of sp³-hybridized carbons (Fsp3) is 0.333. The lowest BCUT2D eigenvalue weighted by molar-refractivity contribution is 0.0946. The number of carbonyl (C=O) groups is 1. The molecule has 1 N–H and O–H groups in total. The normalized spacial score (nSPS) is 14.1. The highest BCUT2D eigenvalue weighted by molar-refractivity contribution is 7.09. The number of aryl methyl sites for hydroxylation is 1. The first-order valence-electron chi connectivity index (χ1n) is 6.65. The zero-order chi connectivity index (χ0) is 13.9. The molecule has 0 aliphatic heterocycles. The zero-order valence-electron chi connectivity index (χ0n) is 11.3. The number of hydrogen-bond donors (Lipinski definition) is 1. The van der Waals surface area contributed by atoms with Gasteiger partial charge in [-0.3, -0.25) is 4.79 Å². The van der Waals surface area contributed by atoms with Crippen LogP contribution in [-0.2, 0) is 6.61 Å². The summed E-state index contributed by atoms with van der Waals surface area (Å²) < 4.78 is 5.68. The molecule has 1 amide bonds. The van der Waals surface area contributed by atoms with E-state index in [4.69, 9.17) is 4.74 Å². The second-order valence-corrected chi connectivity index (χ2v) is 5.92. The Kier molecular flexibility index (Phi) is 3.69. The van der Waals surface area contributed by atoms with Gasteiger partial charge in [0, 0.05) is 11.4 Å². The highest BCUT2D eigenvalue weighted by Crippen LogP contribution is 2.20. The van der Waals surface area contributed by atoms with Crippen LogP contribution in [0.2, 0.25) is 0 Å². The average molecular weight is 288 g/mol. The lowest BCUT2D eigenvalue weighted by Gasteiger charge is -2.04. The molecule has 1 heterocycles. The molecule has 20 heavy (non-hydrogen) atoms. The minimum atomic E-state index is -0.0782. The van der Waals surface area contributed by atoms with Crippen molar-refractivity contribution < 1.29 is 9.53 Å². The van der Waals surface area contributed by atoms with E-state index < -0.39 is 0 Å². The van der Waals surface area contributed by atoms with Gasteiger partial charge in [0.05, 0.1) is 0 Å². The van der Waals surface area contributed by atoms with E-state index in [1.165, 1.54) is 11.3 Å². The van der Waals surface area contributed by atoms with Gasteiger partial charge >= 0.3 is 0 Å². The van der Waals surface area contributed by atoms with Gasteiger partial charge in [0.25, 0.3) is 5.91 Å².